The van der Waals surface area contributed by atoms with Crippen LogP contribution in [0, 0.1) is 0 Å². The van der Waals surface area contributed by atoms with Crippen LogP contribution >= 0.6 is 11.3 Å². The molecule has 0 saturated heterocycles. The van der Waals surface area contributed by atoms with Crippen LogP contribution in [0.25, 0.3) is 11.3 Å². The Hall–Kier alpha value is -2.08. The van der Waals surface area contributed by atoms with E-state index in [-0.39, 0.29) is 18.0 Å². The molecule has 0 radical (unpaired) electrons. The number of carbonyl (C=O) groups is 1. The highest BCUT2D eigenvalue weighted by Crippen LogP contribution is 2.23. The SMILES string of the molecule is O=C(O)c1cccc(-c2ccc(CNCc3cccs3)o2)c1.[Cl-]. The van der Waals surface area contributed by atoms with Gasteiger partial charge in [0.1, 0.15) is 11.5 Å². The van der Waals surface area contributed by atoms with Gasteiger partial charge in [-0.3, -0.25) is 0 Å². The molecule has 0 aliphatic carbocycles. The van der Waals surface area contributed by atoms with Gasteiger partial charge in [-0.05, 0) is 35.7 Å². The number of hydrogen-bond donors (Lipinski definition) is 2. The molecule has 2 aromatic heterocycles. The van der Waals surface area contributed by atoms with E-state index >= 15 is 0 Å². The van der Waals surface area contributed by atoms with Gasteiger partial charge in [0.2, 0.25) is 0 Å². The van der Waals surface area contributed by atoms with Gasteiger partial charge in [-0.1, -0.05) is 18.2 Å². The summed E-state index contributed by atoms with van der Waals surface area (Å²) < 4.78 is 5.77. The Bertz CT molecular complexity index is 768. The van der Waals surface area contributed by atoms with E-state index < -0.39 is 5.97 Å². The maximum Gasteiger partial charge on any atom is 0.335 e. The summed E-state index contributed by atoms with van der Waals surface area (Å²) in [5, 5.41) is 14.4. The fourth-order valence-corrected chi connectivity index (χ4v) is 2.83. The molecule has 2 heterocycles. The average molecular weight is 349 g/mol. The molecule has 120 valence electrons. The molecule has 6 heteroatoms. The number of aromatic carboxylic acids is 1. The van der Waals surface area contributed by atoms with Gasteiger partial charge in [-0.25, -0.2) is 4.79 Å². The maximum absolute atomic E-state index is 11.0. The smallest absolute Gasteiger partial charge is 0.335 e. The number of carboxylic acid groups (broad SMARTS) is 1. The first kappa shape index (κ1) is 17.3. The van der Waals surface area contributed by atoms with Crippen LogP contribution in [-0.4, -0.2) is 11.1 Å². The molecule has 0 fully saturated rings. The molecule has 2 N–H and O–H groups in total. The Morgan fingerprint density at radius 3 is 2.74 bits per heavy atom. The van der Waals surface area contributed by atoms with Crippen LogP contribution in [0.1, 0.15) is 21.0 Å². The minimum atomic E-state index is -0.939. The van der Waals surface area contributed by atoms with E-state index in [1.807, 2.05) is 24.3 Å². The van der Waals surface area contributed by atoms with Gasteiger partial charge >= 0.3 is 5.97 Å². The van der Waals surface area contributed by atoms with Crippen LogP contribution in [0.5, 0.6) is 0 Å². The molecule has 23 heavy (non-hydrogen) atoms. The molecule has 0 spiro atoms. The summed E-state index contributed by atoms with van der Waals surface area (Å²) >= 11 is 1.72. The third-order valence-corrected chi connectivity index (χ3v) is 4.11. The lowest BCUT2D eigenvalue weighted by Crippen LogP contribution is -3.00. The monoisotopic (exact) mass is 348 g/mol. The van der Waals surface area contributed by atoms with E-state index in [1.165, 1.54) is 4.88 Å². The summed E-state index contributed by atoms with van der Waals surface area (Å²) in [5.74, 6) is 0.564. The lowest BCUT2D eigenvalue weighted by molar-refractivity contribution is -0.0000204. The lowest BCUT2D eigenvalue weighted by atomic mass is 10.1. The minimum Gasteiger partial charge on any atom is -1.00 e. The van der Waals surface area contributed by atoms with Crippen molar-refractivity contribution in [2.45, 2.75) is 13.1 Å². The van der Waals surface area contributed by atoms with E-state index in [1.54, 1.807) is 29.5 Å². The van der Waals surface area contributed by atoms with Crippen molar-refractivity contribution in [1.29, 1.82) is 0 Å². The number of thiophene rings is 1. The van der Waals surface area contributed by atoms with Crippen molar-refractivity contribution < 1.29 is 26.7 Å². The second-order valence-corrected chi connectivity index (χ2v) is 5.87. The highest BCUT2D eigenvalue weighted by atomic mass is 35.5. The fraction of sp³-hybridized carbons (Fsp3) is 0.118. The number of carboxylic acids is 1. The first-order chi connectivity index (χ1) is 10.7. The standard InChI is InChI=1S/C17H15NO3S.ClH/c19-17(20)13-4-1-3-12(9-13)16-7-6-14(21-16)10-18-11-15-5-2-8-22-15;/h1-9,18H,10-11H2,(H,19,20);1H/p-1. The van der Waals surface area contributed by atoms with E-state index in [0.717, 1.165) is 17.9 Å². The second kappa shape index (κ2) is 7.97. The number of benzene rings is 1. The second-order valence-electron chi connectivity index (χ2n) is 4.83. The average Bonchev–Trinajstić information content (AvgIpc) is 3.19. The van der Waals surface area contributed by atoms with Gasteiger partial charge in [0, 0.05) is 17.0 Å². The molecule has 0 atom stereocenters. The summed E-state index contributed by atoms with van der Waals surface area (Å²) in [4.78, 5) is 12.3. The normalized spacial score (nSPS) is 10.3. The topological polar surface area (TPSA) is 62.5 Å². The van der Waals surface area contributed by atoms with E-state index in [0.29, 0.717) is 12.3 Å². The molecule has 3 rings (SSSR count). The van der Waals surface area contributed by atoms with Crippen molar-refractivity contribution in [3.8, 4) is 11.3 Å². The first-order valence-electron chi connectivity index (χ1n) is 6.88. The Morgan fingerprint density at radius 2 is 2.00 bits per heavy atom. The summed E-state index contributed by atoms with van der Waals surface area (Å²) in [6.07, 6.45) is 0. The van der Waals surface area contributed by atoms with Crippen molar-refractivity contribution in [2.24, 2.45) is 0 Å². The predicted molar refractivity (Wildman–Crippen MR) is 86.0 cm³/mol. The van der Waals surface area contributed by atoms with Gasteiger partial charge in [0.25, 0.3) is 0 Å². The number of furan rings is 1. The third-order valence-electron chi connectivity index (χ3n) is 3.23. The van der Waals surface area contributed by atoms with Crippen molar-refractivity contribution in [2.75, 3.05) is 0 Å². The Labute approximate surface area is 144 Å². The van der Waals surface area contributed by atoms with Gasteiger partial charge in [-0.15, -0.1) is 11.3 Å². The van der Waals surface area contributed by atoms with Crippen LogP contribution in [-0.2, 0) is 13.1 Å². The molecule has 1 aromatic carbocycles. The van der Waals surface area contributed by atoms with Crippen LogP contribution in [0.4, 0.5) is 0 Å². The van der Waals surface area contributed by atoms with Gasteiger partial charge in [0.05, 0.1) is 12.1 Å². The number of halogens is 1. The number of hydrogen-bond acceptors (Lipinski definition) is 4. The third kappa shape index (κ3) is 4.45. The largest absolute Gasteiger partial charge is 1.00 e. The van der Waals surface area contributed by atoms with Gasteiger partial charge in [0.15, 0.2) is 0 Å². The Kier molecular flexibility index (Phi) is 5.98. The number of rotatable bonds is 6. The van der Waals surface area contributed by atoms with Crippen molar-refractivity contribution >= 4 is 17.3 Å². The van der Waals surface area contributed by atoms with E-state index in [4.69, 9.17) is 9.52 Å². The molecule has 0 aliphatic heterocycles. The lowest BCUT2D eigenvalue weighted by Gasteiger charge is -2.01. The highest BCUT2D eigenvalue weighted by molar-refractivity contribution is 7.09. The number of nitrogens with one attached hydrogen (secondary N) is 1. The molecule has 0 amide bonds. The zero-order valence-corrected chi connectivity index (χ0v) is 13.7. The predicted octanol–water partition coefficient (Wildman–Crippen LogP) is 1.00. The summed E-state index contributed by atoms with van der Waals surface area (Å²) in [6.45, 7) is 1.44. The molecule has 0 saturated carbocycles. The zero-order chi connectivity index (χ0) is 15.4. The van der Waals surface area contributed by atoms with Crippen LogP contribution in [0.15, 0.2) is 58.3 Å². The molecule has 0 aliphatic rings. The van der Waals surface area contributed by atoms with Gasteiger partial charge < -0.3 is 27.2 Å². The van der Waals surface area contributed by atoms with E-state index in [2.05, 4.69) is 16.8 Å². The van der Waals surface area contributed by atoms with Crippen molar-refractivity contribution in [1.82, 2.24) is 5.32 Å². The van der Waals surface area contributed by atoms with Crippen molar-refractivity contribution in [3.63, 3.8) is 0 Å². The highest BCUT2D eigenvalue weighted by Gasteiger charge is 2.08. The summed E-state index contributed by atoms with van der Waals surface area (Å²) in [5.41, 5.74) is 1.02. The zero-order valence-electron chi connectivity index (χ0n) is 12.2. The Morgan fingerprint density at radius 1 is 1.13 bits per heavy atom. The molecular weight excluding hydrogens is 334 g/mol. The van der Waals surface area contributed by atoms with Crippen LogP contribution in [0.2, 0.25) is 0 Å². The maximum atomic E-state index is 11.0. The molecule has 4 nitrogen and oxygen atoms in total. The van der Waals surface area contributed by atoms with Gasteiger partial charge in [-0.2, -0.15) is 0 Å². The van der Waals surface area contributed by atoms with Crippen LogP contribution < -0.4 is 17.7 Å². The summed E-state index contributed by atoms with van der Waals surface area (Å²) in [6, 6.07) is 14.6. The van der Waals surface area contributed by atoms with Crippen molar-refractivity contribution in [3.05, 3.63) is 70.1 Å². The molecular formula is C17H15ClNO3S-. The molecule has 3 aromatic rings. The first-order valence-corrected chi connectivity index (χ1v) is 7.76. The fourth-order valence-electron chi connectivity index (χ4n) is 2.16. The van der Waals surface area contributed by atoms with Crippen LogP contribution in [0.3, 0.4) is 0 Å². The van der Waals surface area contributed by atoms with E-state index in [9.17, 15) is 4.79 Å². The minimum absolute atomic E-state index is 0. The summed E-state index contributed by atoms with van der Waals surface area (Å²) in [7, 11) is 0. The Balaban J connectivity index is 0.00000192. The quantitative estimate of drug-likeness (QED) is 0.697. The molecule has 0 unspecified atom stereocenters. The molecule has 0 bridgehead atoms.